The standard InChI is InChI=1S/C26H20F2N4O2S/c1-13-14(2)31-26-24(30-13)25(33)18(11-32(26)21-4-3-17(27)8-19(21)28)23-7-16-10-29-20(9-22(16)35-23)15-5-6-34-12-15/h3-4,7-11,15H,5-6,12H2,1-2H3/t15-/m0/s1. The van der Waals surface area contributed by atoms with Crippen molar-refractivity contribution >= 4 is 32.6 Å². The van der Waals surface area contributed by atoms with Gasteiger partial charge in [-0.1, -0.05) is 0 Å². The lowest BCUT2D eigenvalue weighted by molar-refractivity contribution is 0.193. The maximum atomic E-state index is 14.8. The van der Waals surface area contributed by atoms with Gasteiger partial charge in [0.2, 0.25) is 5.43 Å². The number of thiophene rings is 1. The molecule has 35 heavy (non-hydrogen) atoms. The minimum absolute atomic E-state index is 0.0847. The van der Waals surface area contributed by atoms with Crippen molar-refractivity contribution < 1.29 is 13.5 Å². The molecule has 6 rings (SSSR count). The molecule has 1 atom stereocenters. The molecule has 1 aromatic carbocycles. The molecule has 1 aliphatic heterocycles. The fraction of sp³-hybridized carbons (Fsp3) is 0.231. The van der Waals surface area contributed by atoms with E-state index in [0.717, 1.165) is 34.9 Å². The zero-order valence-corrected chi connectivity index (χ0v) is 19.8. The second-order valence-electron chi connectivity index (χ2n) is 8.72. The summed E-state index contributed by atoms with van der Waals surface area (Å²) in [5.41, 5.74) is 2.72. The van der Waals surface area contributed by atoms with Crippen LogP contribution < -0.4 is 5.43 Å². The molecule has 0 aliphatic carbocycles. The number of aryl methyl sites for hydroxylation is 2. The summed E-state index contributed by atoms with van der Waals surface area (Å²) >= 11 is 1.47. The maximum absolute atomic E-state index is 14.8. The molecule has 0 bridgehead atoms. The van der Waals surface area contributed by atoms with Crippen molar-refractivity contribution in [3.05, 3.63) is 81.7 Å². The summed E-state index contributed by atoms with van der Waals surface area (Å²) in [6.07, 6.45) is 4.32. The van der Waals surface area contributed by atoms with E-state index in [4.69, 9.17) is 4.74 Å². The Balaban J connectivity index is 1.59. The Bertz CT molecular complexity index is 1690. The Labute approximate surface area is 202 Å². The fourth-order valence-corrected chi connectivity index (χ4v) is 5.48. The molecule has 0 radical (unpaired) electrons. The quantitative estimate of drug-likeness (QED) is 0.336. The number of benzene rings is 1. The molecule has 4 aromatic heterocycles. The SMILES string of the molecule is Cc1nc2c(=O)c(-c3cc4cnc([C@H]5CCOC5)cc4s3)cn(-c3ccc(F)cc3F)c2nc1C. The van der Waals surface area contributed by atoms with Gasteiger partial charge in [0, 0.05) is 51.6 Å². The summed E-state index contributed by atoms with van der Waals surface area (Å²) in [5.74, 6) is -1.17. The summed E-state index contributed by atoms with van der Waals surface area (Å²) in [6.45, 7) is 4.94. The molecule has 0 unspecified atom stereocenters. The Kier molecular flexibility index (Phi) is 5.19. The van der Waals surface area contributed by atoms with Crippen molar-refractivity contribution in [2.24, 2.45) is 0 Å². The Morgan fingerprint density at radius 1 is 1.11 bits per heavy atom. The van der Waals surface area contributed by atoms with Crippen LogP contribution in [0.4, 0.5) is 8.78 Å². The molecule has 1 saturated heterocycles. The predicted molar refractivity (Wildman–Crippen MR) is 131 cm³/mol. The van der Waals surface area contributed by atoms with Gasteiger partial charge in [0.15, 0.2) is 11.2 Å². The van der Waals surface area contributed by atoms with Crippen LogP contribution in [0.15, 0.2) is 47.5 Å². The van der Waals surface area contributed by atoms with Gasteiger partial charge in [-0.2, -0.15) is 0 Å². The molecule has 0 N–H and O–H groups in total. The third-order valence-corrected chi connectivity index (χ3v) is 7.57. The maximum Gasteiger partial charge on any atom is 0.218 e. The van der Waals surface area contributed by atoms with Crippen molar-refractivity contribution in [2.45, 2.75) is 26.2 Å². The van der Waals surface area contributed by atoms with E-state index in [0.29, 0.717) is 28.4 Å². The van der Waals surface area contributed by atoms with Crippen LogP contribution in [-0.2, 0) is 4.74 Å². The molecule has 6 nitrogen and oxygen atoms in total. The average molecular weight is 491 g/mol. The van der Waals surface area contributed by atoms with Crippen molar-refractivity contribution in [3.63, 3.8) is 0 Å². The van der Waals surface area contributed by atoms with Crippen LogP contribution in [0.5, 0.6) is 0 Å². The molecule has 0 saturated carbocycles. The van der Waals surface area contributed by atoms with Gasteiger partial charge in [-0.25, -0.2) is 18.7 Å². The van der Waals surface area contributed by atoms with E-state index in [1.165, 1.54) is 28.0 Å². The number of ether oxygens (including phenoxy) is 1. The molecule has 5 heterocycles. The fourth-order valence-electron chi connectivity index (χ4n) is 4.40. The Morgan fingerprint density at radius 3 is 2.71 bits per heavy atom. The van der Waals surface area contributed by atoms with Gasteiger partial charge in [-0.15, -0.1) is 11.3 Å². The number of pyridine rings is 2. The number of rotatable bonds is 3. The molecule has 0 spiro atoms. The zero-order valence-electron chi connectivity index (χ0n) is 19.0. The van der Waals surface area contributed by atoms with Crippen molar-refractivity contribution in [3.8, 4) is 16.1 Å². The highest BCUT2D eigenvalue weighted by Gasteiger charge is 2.22. The molecule has 9 heteroatoms. The second-order valence-corrected chi connectivity index (χ2v) is 9.81. The molecule has 1 fully saturated rings. The summed E-state index contributed by atoms with van der Waals surface area (Å²) in [5, 5.41) is 0.915. The van der Waals surface area contributed by atoms with Gasteiger partial charge < -0.3 is 4.74 Å². The number of hydrogen-bond acceptors (Lipinski definition) is 6. The van der Waals surface area contributed by atoms with Crippen LogP contribution >= 0.6 is 11.3 Å². The van der Waals surface area contributed by atoms with Gasteiger partial charge >= 0.3 is 0 Å². The molecular formula is C26H20F2N4O2S. The summed E-state index contributed by atoms with van der Waals surface area (Å²) in [7, 11) is 0. The highest BCUT2D eigenvalue weighted by Crippen LogP contribution is 2.35. The second kappa shape index (κ2) is 8.28. The molecule has 176 valence electrons. The monoisotopic (exact) mass is 490 g/mol. The predicted octanol–water partition coefficient (Wildman–Crippen LogP) is 5.46. The number of nitrogens with zero attached hydrogens (tertiary/aromatic N) is 4. The first-order valence-corrected chi connectivity index (χ1v) is 12.0. The van der Waals surface area contributed by atoms with Gasteiger partial charge in [0.05, 0.1) is 29.2 Å². The largest absolute Gasteiger partial charge is 0.381 e. The first kappa shape index (κ1) is 21.9. The van der Waals surface area contributed by atoms with E-state index >= 15 is 0 Å². The van der Waals surface area contributed by atoms with Crippen LogP contribution in [0.1, 0.15) is 29.4 Å². The van der Waals surface area contributed by atoms with E-state index in [9.17, 15) is 13.6 Å². The van der Waals surface area contributed by atoms with E-state index in [1.54, 1.807) is 20.0 Å². The summed E-state index contributed by atoms with van der Waals surface area (Å²) in [4.78, 5) is 27.9. The third-order valence-electron chi connectivity index (χ3n) is 6.44. The molecule has 5 aromatic rings. The number of hydrogen-bond donors (Lipinski definition) is 0. The Morgan fingerprint density at radius 2 is 1.94 bits per heavy atom. The average Bonchev–Trinajstić information content (AvgIpc) is 3.51. The van der Waals surface area contributed by atoms with Crippen LogP contribution in [0, 0.1) is 25.5 Å². The number of halogens is 2. The lowest BCUT2D eigenvalue weighted by Crippen LogP contribution is -2.15. The van der Waals surface area contributed by atoms with E-state index in [1.807, 2.05) is 12.3 Å². The molecule has 1 aliphatic rings. The highest BCUT2D eigenvalue weighted by molar-refractivity contribution is 7.22. The molecular weight excluding hydrogens is 470 g/mol. The third kappa shape index (κ3) is 3.71. The van der Waals surface area contributed by atoms with Crippen LogP contribution in [0.2, 0.25) is 0 Å². The van der Waals surface area contributed by atoms with E-state index in [-0.39, 0.29) is 28.2 Å². The first-order chi connectivity index (χ1) is 16.9. The smallest absolute Gasteiger partial charge is 0.218 e. The van der Waals surface area contributed by atoms with E-state index in [2.05, 4.69) is 21.0 Å². The van der Waals surface area contributed by atoms with Gasteiger partial charge in [0.1, 0.15) is 11.6 Å². The first-order valence-electron chi connectivity index (χ1n) is 11.2. The van der Waals surface area contributed by atoms with Crippen LogP contribution in [0.25, 0.3) is 37.4 Å². The van der Waals surface area contributed by atoms with Crippen LogP contribution in [0.3, 0.4) is 0 Å². The topological polar surface area (TPSA) is 69.9 Å². The van der Waals surface area contributed by atoms with Crippen molar-refractivity contribution in [1.82, 2.24) is 19.5 Å². The summed E-state index contributed by atoms with van der Waals surface area (Å²) in [6, 6.07) is 7.28. The van der Waals surface area contributed by atoms with Crippen molar-refractivity contribution in [1.29, 1.82) is 0 Å². The highest BCUT2D eigenvalue weighted by atomic mass is 32.1. The van der Waals surface area contributed by atoms with Crippen molar-refractivity contribution in [2.75, 3.05) is 13.2 Å². The minimum Gasteiger partial charge on any atom is -0.381 e. The zero-order chi connectivity index (χ0) is 24.3. The Hall–Kier alpha value is -3.56. The van der Waals surface area contributed by atoms with Crippen LogP contribution in [-0.4, -0.2) is 32.7 Å². The van der Waals surface area contributed by atoms with Gasteiger partial charge in [-0.05, 0) is 44.5 Å². The number of fused-ring (bicyclic) bond motifs is 2. The lowest BCUT2D eigenvalue weighted by Gasteiger charge is -2.14. The lowest BCUT2D eigenvalue weighted by atomic mass is 10.0. The van der Waals surface area contributed by atoms with E-state index < -0.39 is 11.6 Å². The summed E-state index contributed by atoms with van der Waals surface area (Å²) < 4.78 is 36.4. The van der Waals surface area contributed by atoms with Gasteiger partial charge in [-0.3, -0.25) is 14.3 Å². The molecule has 0 amide bonds. The van der Waals surface area contributed by atoms with Gasteiger partial charge in [0.25, 0.3) is 0 Å². The minimum atomic E-state index is -0.759. The normalized spacial score (nSPS) is 15.9. The number of aromatic nitrogens is 4.